The number of nitrogens with one attached hydrogen (secondary N) is 1. The minimum atomic E-state index is -4.69. The first kappa shape index (κ1) is 10.8. The van der Waals surface area contributed by atoms with Gasteiger partial charge in [-0.1, -0.05) is 0 Å². The van der Waals surface area contributed by atoms with Crippen molar-refractivity contribution in [3.05, 3.63) is 30.0 Å². The van der Waals surface area contributed by atoms with E-state index in [-0.39, 0.29) is 12.4 Å². The van der Waals surface area contributed by atoms with Gasteiger partial charge in [-0.25, -0.2) is 0 Å². The van der Waals surface area contributed by atoms with Crippen LogP contribution in [-0.4, -0.2) is 16.5 Å². The van der Waals surface area contributed by atoms with E-state index in [2.05, 4.69) is 9.72 Å². The van der Waals surface area contributed by atoms with E-state index in [0.29, 0.717) is 16.6 Å². The van der Waals surface area contributed by atoms with Gasteiger partial charge in [0.2, 0.25) is 0 Å². The summed E-state index contributed by atoms with van der Waals surface area (Å²) in [5, 5.41) is 9.41. The molecule has 2 N–H and O–H groups in total. The summed E-state index contributed by atoms with van der Waals surface area (Å²) in [6.07, 6.45) is -4.69. The van der Waals surface area contributed by atoms with Crippen LogP contribution >= 0.6 is 0 Å². The molecule has 0 spiro atoms. The van der Waals surface area contributed by atoms with Crippen molar-refractivity contribution in [1.82, 2.24) is 4.98 Å². The summed E-state index contributed by atoms with van der Waals surface area (Å²) in [5.41, 5.74) is 1.19. The average Bonchev–Trinajstić information content (AvgIpc) is 2.57. The zero-order chi connectivity index (χ0) is 11.8. The number of alkyl halides is 3. The molecular weight excluding hydrogens is 223 g/mol. The summed E-state index contributed by atoms with van der Waals surface area (Å²) in [7, 11) is 0. The Labute approximate surface area is 88.5 Å². The van der Waals surface area contributed by atoms with E-state index in [1.54, 1.807) is 6.07 Å². The van der Waals surface area contributed by atoms with E-state index in [9.17, 15) is 13.2 Å². The third kappa shape index (κ3) is 2.27. The van der Waals surface area contributed by atoms with Crippen LogP contribution in [0.15, 0.2) is 24.3 Å². The second-order valence-corrected chi connectivity index (χ2v) is 3.25. The van der Waals surface area contributed by atoms with Gasteiger partial charge in [-0.05, 0) is 24.3 Å². The van der Waals surface area contributed by atoms with Crippen LogP contribution < -0.4 is 4.74 Å². The number of aromatic amines is 1. The summed E-state index contributed by atoms with van der Waals surface area (Å²) in [6.45, 7) is -0.190. The van der Waals surface area contributed by atoms with Crippen LogP contribution in [0.2, 0.25) is 0 Å². The fourth-order valence-corrected chi connectivity index (χ4v) is 1.45. The van der Waals surface area contributed by atoms with Gasteiger partial charge in [0.1, 0.15) is 5.75 Å². The molecular formula is C10H8F3NO2. The molecule has 16 heavy (non-hydrogen) atoms. The number of hydrogen-bond acceptors (Lipinski definition) is 2. The molecule has 0 saturated heterocycles. The minimum absolute atomic E-state index is 0.190. The van der Waals surface area contributed by atoms with Crippen LogP contribution in [-0.2, 0) is 6.61 Å². The molecule has 0 radical (unpaired) electrons. The second kappa shape index (κ2) is 3.71. The van der Waals surface area contributed by atoms with Crippen LogP contribution in [0, 0.1) is 0 Å². The van der Waals surface area contributed by atoms with Crippen molar-refractivity contribution < 1.29 is 23.0 Å². The SMILES string of the molecule is OCc1cc2cc(OC(F)(F)F)ccc2[nH]1. The lowest BCUT2D eigenvalue weighted by Crippen LogP contribution is -2.16. The Kier molecular flexibility index (Phi) is 2.51. The van der Waals surface area contributed by atoms with E-state index in [4.69, 9.17) is 5.11 Å². The van der Waals surface area contributed by atoms with Gasteiger partial charge in [-0.2, -0.15) is 0 Å². The number of aliphatic hydroxyl groups is 1. The van der Waals surface area contributed by atoms with E-state index < -0.39 is 6.36 Å². The lowest BCUT2D eigenvalue weighted by atomic mass is 10.2. The number of aliphatic hydroxyl groups excluding tert-OH is 1. The number of fused-ring (bicyclic) bond motifs is 1. The van der Waals surface area contributed by atoms with Crippen molar-refractivity contribution in [2.45, 2.75) is 13.0 Å². The highest BCUT2D eigenvalue weighted by Gasteiger charge is 2.31. The first-order valence-electron chi connectivity index (χ1n) is 4.46. The Hall–Kier alpha value is -1.69. The predicted molar refractivity (Wildman–Crippen MR) is 50.9 cm³/mol. The fraction of sp³-hybridized carbons (Fsp3) is 0.200. The summed E-state index contributed by atoms with van der Waals surface area (Å²) >= 11 is 0. The molecule has 0 bridgehead atoms. The zero-order valence-corrected chi connectivity index (χ0v) is 8.01. The number of rotatable bonds is 2. The van der Waals surface area contributed by atoms with Gasteiger partial charge in [0.15, 0.2) is 0 Å². The number of H-pyrrole nitrogens is 1. The van der Waals surface area contributed by atoms with Gasteiger partial charge in [-0.15, -0.1) is 13.2 Å². The van der Waals surface area contributed by atoms with Gasteiger partial charge in [0.05, 0.1) is 6.61 Å². The molecule has 86 valence electrons. The number of benzene rings is 1. The first-order chi connectivity index (χ1) is 7.48. The molecule has 6 heteroatoms. The summed E-state index contributed by atoms with van der Waals surface area (Å²) in [4.78, 5) is 2.85. The first-order valence-corrected chi connectivity index (χ1v) is 4.46. The Morgan fingerprint density at radius 1 is 1.25 bits per heavy atom. The molecule has 0 saturated carbocycles. The maximum Gasteiger partial charge on any atom is 0.573 e. The van der Waals surface area contributed by atoms with E-state index in [1.165, 1.54) is 18.2 Å². The van der Waals surface area contributed by atoms with Crippen LogP contribution in [0.5, 0.6) is 5.75 Å². The van der Waals surface area contributed by atoms with Crippen molar-refractivity contribution >= 4 is 10.9 Å². The molecule has 0 aliphatic heterocycles. The highest BCUT2D eigenvalue weighted by molar-refractivity contribution is 5.81. The molecule has 0 amide bonds. The van der Waals surface area contributed by atoms with E-state index in [0.717, 1.165) is 0 Å². The average molecular weight is 231 g/mol. The van der Waals surface area contributed by atoms with E-state index in [1.807, 2.05) is 0 Å². The van der Waals surface area contributed by atoms with Crippen LogP contribution in [0.3, 0.4) is 0 Å². The van der Waals surface area contributed by atoms with Gasteiger partial charge in [0, 0.05) is 16.6 Å². The molecule has 2 aromatic rings. The van der Waals surface area contributed by atoms with Gasteiger partial charge in [-0.3, -0.25) is 0 Å². The second-order valence-electron chi connectivity index (χ2n) is 3.25. The lowest BCUT2D eigenvalue weighted by Gasteiger charge is -2.08. The lowest BCUT2D eigenvalue weighted by molar-refractivity contribution is -0.274. The summed E-state index contributed by atoms with van der Waals surface area (Å²) in [6, 6.07) is 5.51. The van der Waals surface area contributed by atoms with Crippen LogP contribution in [0.4, 0.5) is 13.2 Å². The van der Waals surface area contributed by atoms with Gasteiger partial charge < -0.3 is 14.8 Å². The van der Waals surface area contributed by atoms with Crippen LogP contribution in [0.25, 0.3) is 10.9 Å². The van der Waals surface area contributed by atoms with Crippen molar-refractivity contribution in [2.75, 3.05) is 0 Å². The smallest absolute Gasteiger partial charge is 0.406 e. The summed E-state index contributed by atoms with van der Waals surface area (Å²) in [5.74, 6) is -0.275. The maximum atomic E-state index is 11.9. The topological polar surface area (TPSA) is 45.2 Å². The Balaban J connectivity index is 2.36. The van der Waals surface area contributed by atoms with Crippen molar-refractivity contribution in [1.29, 1.82) is 0 Å². The van der Waals surface area contributed by atoms with E-state index >= 15 is 0 Å². The number of ether oxygens (including phenoxy) is 1. The third-order valence-electron chi connectivity index (χ3n) is 2.05. The fourth-order valence-electron chi connectivity index (χ4n) is 1.45. The quantitative estimate of drug-likeness (QED) is 0.834. The van der Waals surface area contributed by atoms with Crippen molar-refractivity contribution in [2.24, 2.45) is 0 Å². The van der Waals surface area contributed by atoms with Crippen molar-refractivity contribution in [3.8, 4) is 5.75 Å². The zero-order valence-electron chi connectivity index (χ0n) is 8.01. The van der Waals surface area contributed by atoms with Gasteiger partial charge >= 0.3 is 6.36 Å². The number of aromatic nitrogens is 1. The number of halogens is 3. The minimum Gasteiger partial charge on any atom is -0.406 e. The number of hydrogen-bond donors (Lipinski definition) is 2. The van der Waals surface area contributed by atoms with Crippen LogP contribution in [0.1, 0.15) is 5.69 Å². The largest absolute Gasteiger partial charge is 0.573 e. The highest BCUT2D eigenvalue weighted by atomic mass is 19.4. The molecule has 1 aromatic carbocycles. The predicted octanol–water partition coefficient (Wildman–Crippen LogP) is 2.56. The Bertz CT molecular complexity index is 504. The molecule has 1 heterocycles. The third-order valence-corrected chi connectivity index (χ3v) is 2.05. The molecule has 2 rings (SSSR count). The molecule has 0 fully saturated rings. The molecule has 3 nitrogen and oxygen atoms in total. The Morgan fingerprint density at radius 2 is 2.00 bits per heavy atom. The maximum absolute atomic E-state index is 11.9. The van der Waals surface area contributed by atoms with Crippen molar-refractivity contribution in [3.63, 3.8) is 0 Å². The summed E-state index contributed by atoms with van der Waals surface area (Å²) < 4.78 is 39.6. The molecule has 1 aromatic heterocycles. The monoisotopic (exact) mass is 231 g/mol. The molecule has 0 atom stereocenters. The molecule has 0 aliphatic rings. The van der Waals surface area contributed by atoms with Gasteiger partial charge in [0.25, 0.3) is 0 Å². The normalized spacial score (nSPS) is 12.0. The Morgan fingerprint density at radius 3 is 2.62 bits per heavy atom. The molecule has 0 aliphatic carbocycles. The standard InChI is InChI=1S/C10H8F3NO2/c11-10(12,13)16-8-1-2-9-6(4-8)3-7(5-15)14-9/h1-4,14-15H,5H2. The highest BCUT2D eigenvalue weighted by Crippen LogP contribution is 2.26. The molecule has 0 unspecified atom stereocenters.